The van der Waals surface area contributed by atoms with Crippen LogP contribution < -0.4 is 0 Å². The molecule has 0 radical (unpaired) electrons. The minimum Gasteiger partial charge on any atom is -0.300 e. The van der Waals surface area contributed by atoms with Crippen molar-refractivity contribution in [2.45, 2.75) is 45.6 Å². The van der Waals surface area contributed by atoms with Crippen molar-refractivity contribution >= 4 is 15.9 Å². The second-order valence-corrected chi connectivity index (χ2v) is 6.22. The lowest BCUT2D eigenvalue weighted by Crippen LogP contribution is -2.31. The first-order valence-electron chi connectivity index (χ1n) is 5.95. The van der Waals surface area contributed by atoms with Crippen LogP contribution >= 0.6 is 15.9 Å². The number of alkyl halides is 1. The van der Waals surface area contributed by atoms with Gasteiger partial charge >= 0.3 is 0 Å². The zero-order valence-corrected chi connectivity index (χ0v) is 11.0. The molecule has 0 amide bonds. The molecule has 0 unspecified atom stereocenters. The SMILES string of the molecule is CC(C)N1CC[C@]2(CC[C@@H](CBr)C2)C1. The highest BCUT2D eigenvalue weighted by molar-refractivity contribution is 9.09. The van der Waals surface area contributed by atoms with Gasteiger partial charge in [0.2, 0.25) is 0 Å². The molecule has 1 saturated heterocycles. The highest BCUT2D eigenvalue weighted by Gasteiger charge is 2.43. The third-order valence-corrected chi connectivity index (χ3v) is 5.14. The molecule has 1 saturated carbocycles. The highest BCUT2D eigenvalue weighted by Crippen LogP contribution is 2.48. The molecule has 2 atom stereocenters. The van der Waals surface area contributed by atoms with Crippen molar-refractivity contribution in [3.05, 3.63) is 0 Å². The van der Waals surface area contributed by atoms with Gasteiger partial charge in [0.1, 0.15) is 0 Å². The zero-order chi connectivity index (χ0) is 10.2. The van der Waals surface area contributed by atoms with E-state index in [1.165, 1.54) is 44.1 Å². The van der Waals surface area contributed by atoms with E-state index < -0.39 is 0 Å². The fourth-order valence-electron chi connectivity index (χ4n) is 3.24. The van der Waals surface area contributed by atoms with Crippen molar-refractivity contribution in [2.24, 2.45) is 11.3 Å². The molecular formula is C12H22BrN. The topological polar surface area (TPSA) is 3.24 Å². The van der Waals surface area contributed by atoms with E-state index in [1.807, 2.05) is 0 Å². The Balaban J connectivity index is 1.94. The summed E-state index contributed by atoms with van der Waals surface area (Å²) in [7, 11) is 0. The Morgan fingerprint density at radius 1 is 1.43 bits per heavy atom. The quantitative estimate of drug-likeness (QED) is 0.689. The van der Waals surface area contributed by atoms with E-state index in [2.05, 4.69) is 34.7 Å². The fraction of sp³-hybridized carbons (Fsp3) is 1.00. The van der Waals surface area contributed by atoms with Gasteiger partial charge < -0.3 is 4.90 Å². The second-order valence-electron chi connectivity index (χ2n) is 5.58. The van der Waals surface area contributed by atoms with Crippen LogP contribution in [0.25, 0.3) is 0 Å². The van der Waals surface area contributed by atoms with Crippen molar-refractivity contribution in [1.29, 1.82) is 0 Å². The second kappa shape index (κ2) is 4.13. The largest absolute Gasteiger partial charge is 0.300 e. The Hall–Kier alpha value is 0.440. The number of nitrogens with zero attached hydrogens (tertiary/aromatic N) is 1. The molecule has 0 aromatic heterocycles. The van der Waals surface area contributed by atoms with E-state index in [4.69, 9.17) is 0 Å². The molecule has 2 aliphatic rings. The summed E-state index contributed by atoms with van der Waals surface area (Å²) >= 11 is 3.64. The summed E-state index contributed by atoms with van der Waals surface area (Å²) < 4.78 is 0. The van der Waals surface area contributed by atoms with Gasteiger partial charge in [-0.2, -0.15) is 0 Å². The number of rotatable bonds is 2. The van der Waals surface area contributed by atoms with Crippen LogP contribution in [0.1, 0.15) is 39.5 Å². The van der Waals surface area contributed by atoms with Gasteiger partial charge in [-0.3, -0.25) is 0 Å². The van der Waals surface area contributed by atoms with Gasteiger partial charge in [0.15, 0.2) is 0 Å². The first-order valence-corrected chi connectivity index (χ1v) is 7.07. The Labute approximate surface area is 96.4 Å². The van der Waals surface area contributed by atoms with Crippen LogP contribution in [-0.4, -0.2) is 29.4 Å². The molecule has 2 fully saturated rings. The van der Waals surface area contributed by atoms with Crippen LogP contribution in [0.3, 0.4) is 0 Å². The van der Waals surface area contributed by atoms with E-state index in [0.29, 0.717) is 5.41 Å². The average molecular weight is 260 g/mol. The molecule has 0 aromatic carbocycles. The number of hydrogen-bond donors (Lipinski definition) is 0. The summed E-state index contributed by atoms with van der Waals surface area (Å²) in [5.74, 6) is 0.960. The van der Waals surface area contributed by atoms with Gasteiger partial charge in [-0.1, -0.05) is 15.9 Å². The molecule has 82 valence electrons. The summed E-state index contributed by atoms with van der Waals surface area (Å²) in [6.07, 6.45) is 5.86. The number of halogens is 1. The van der Waals surface area contributed by atoms with E-state index >= 15 is 0 Å². The molecule has 1 spiro atoms. The van der Waals surface area contributed by atoms with E-state index in [1.54, 1.807) is 0 Å². The minimum absolute atomic E-state index is 0.711. The van der Waals surface area contributed by atoms with Gasteiger partial charge in [-0.25, -0.2) is 0 Å². The molecule has 1 nitrogen and oxygen atoms in total. The van der Waals surface area contributed by atoms with Gasteiger partial charge in [-0.15, -0.1) is 0 Å². The van der Waals surface area contributed by atoms with Crippen molar-refractivity contribution in [2.75, 3.05) is 18.4 Å². The van der Waals surface area contributed by atoms with Gasteiger partial charge in [-0.05, 0) is 57.4 Å². The highest BCUT2D eigenvalue weighted by atomic mass is 79.9. The predicted molar refractivity (Wildman–Crippen MR) is 64.9 cm³/mol. The summed E-state index contributed by atoms with van der Waals surface area (Å²) in [5.41, 5.74) is 0.711. The Morgan fingerprint density at radius 2 is 2.21 bits per heavy atom. The summed E-state index contributed by atoms with van der Waals surface area (Å²) in [4.78, 5) is 2.66. The Bertz CT molecular complexity index is 204. The van der Waals surface area contributed by atoms with Crippen molar-refractivity contribution in [1.82, 2.24) is 4.90 Å². The molecule has 0 aromatic rings. The van der Waals surface area contributed by atoms with Crippen LogP contribution in [0, 0.1) is 11.3 Å². The molecular weight excluding hydrogens is 238 g/mol. The predicted octanol–water partition coefficient (Wildman–Crippen LogP) is 3.28. The summed E-state index contributed by atoms with van der Waals surface area (Å²) in [6.45, 7) is 7.37. The third kappa shape index (κ3) is 2.01. The first-order chi connectivity index (χ1) is 6.65. The van der Waals surface area contributed by atoms with Gasteiger partial charge in [0.05, 0.1) is 0 Å². The normalized spacial score (nSPS) is 39.0. The summed E-state index contributed by atoms with van der Waals surface area (Å²) in [5, 5.41) is 1.22. The molecule has 1 aliphatic heterocycles. The van der Waals surface area contributed by atoms with Crippen molar-refractivity contribution in [3.63, 3.8) is 0 Å². The zero-order valence-electron chi connectivity index (χ0n) is 9.43. The molecule has 2 heteroatoms. The minimum atomic E-state index is 0.711. The van der Waals surface area contributed by atoms with Crippen molar-refractivity contribution < 1.29 is 0 Å². The van der Waals surface area contributed by atoms with E-state index in [-0.39, 0.29) is 0 Å². The standard InChI is InChI=1S/C12H22BrN/c1-10(2)14-6-5-12(9-14)4-3-11(7-12)8-13/h10-11H,3-9H2,1-2H3/t11-,12+/m1/s1. The number of likely N-dealkylation sites (tertiary alicyclic amines) is 1. The maximum Gasteiger partial charge on any atom is 0.00598 e. The Morgan fingerprint density at radius 3 is 2.71 bits per heavy atom. The van der Waals surface area contributed by atoms with Crippen LogP contribution in [0.4, 0.5) is 0 Å². The van der Waals surface area contributed by atoms with Crippen molar-refractivity contribution in [3.8, 4) is 0 Å². The maximum absolute atomic E-state index is 3.64. The molecule has 0 N–H and O–H groups in total. The van der Waals surface area contributed by atoms with Crippen LogP contribution in [0.5, 0.6) is 0 Å². The monoisotopic (exact) mass is 259 g/mol. The van der Waals surface area contributed by atoms with E-state index in [9.17, 15) is 0 Å². The lowest BCUT2D eigenvalue weighted by molar-refractivity contribution is 0.222. The Kier molecular flexibility index (Phi) is 3.23. The first kappa shape index (κ1) is 10.9. The lowest BCUT2D eigenvalue weighted by atomic mass is 9.85. The molecule has 1 heterocycles. The van der Waals surface area contributed by atoms with Crippen LogP contribution in [0.2, 0.25) is 0 Å². The third-order valence-electron chi connectivity index (χ3n) is 4.22. The molecule has 14 heavy (non-hydrogen) atoms. The fourth-order valence-corrected chi connectivity index (χ4v) is 3.79. The van der Waals surface area contributed by atoms with E-state index in [0.717, 1.165) is 12.0 Å². The molecule has 2 rings (SSSR count). The van der Waals surface area contributed by atoms with Crippen LogP contribution in [0.15, 0.2) is 0 Å². The van der Waals surface area contributed by atoms with Gasteiger partial charge in [0.25, 0.3) is 0 Å². The lowest BCUT2D eigenvalue weighted by Gasteiger charge is -2.26. The van der Waals surface area contributed by atoms with Crippen LogP contribution in [-0.2, 0) is 0 Å². The maximum atomic E-state index is 3.64. The summed E-state index contributed by atoms with van der Waals surface area (Å²) in [6, 6.07) is 0.748. The molecule has 0 bridgehead atoms. The average Bonchev–Trinajstić information content (AvgIpc) is 2.74. The van der Waals surface area contributed by atoms with Gasteiger partial charge in [0, 0.05) is 17.9 Å². The molecule has 1 aliphatic carbocycles. The smallest absolute Gasteiger partial charge is 0.00598 e. The number of hydrogen-bond acceptors (Lipinski definition) is 1.